The van der Waals surface area contributed by atoms with E-state index in [1.807, 2.05) is 25.1 Å². The third kappa shape index (κ3) is 1.21. The molecule has 1 unspecified atom stereocenters. The highest BCUT2D eigenvalue weighted by Crippen LogP contribution is 2.35. The molecule has 0 bridgehead atoms. The highest BCUT2D eigenvalue weighted by molar-refractivity contribution is 5.65. The summed E-state index contributed by atoms with van der Waals surface area (Å²) < 4.78 is 0. The number of nitrogens with zero attached hydrogens (tertiary/aromatic N) is 1. The Morgan fingerprint density at radius 1 is 1.54 bits per heavy atom. The maximum absolute atomic E-state index is 10.7. The molecule has 0 spiro atoms. The van der Waals surface area contributed by atoms with Crippen molar-refractivity contribution in [1.29, 1.82) is 0 Å². The molecule has 0 saturated heterocycles. The molecule has 0 N–H and O–H groups in total. The highest BCUT2D eigenvalue weighted by Gasteiger charge is 2.28. The van der Waals surface area contributed by atoms with E-state index in [4.69, 9.17) is 4.84 Å². The van der Waals surface area contributed by atoms with Gasteiger partial charge in [0.05, 0.1) is 0 Å². The SMILES string of the molecule is Cc1ccc2c(c1)ON(C)C2C=O. The van der Waals surface area contributed by atoms with Crippen LogP contribution in [0, 0.1) is 6.92 Å². The molecule has 1 aromatic rings. The number of benzene rings is 1. The van der Waals surface area contributed by atoms with E-state index in [1.54, 1.807) is 12.1 Å². The summed E-state index contributed by atoms with van der Waals surface area (Å²) in [5, 5.41) is 1.57. The minimum absolute atomic E-state index is 0.254. The lowest BCUT2D eigenvalue weighted by Gasteiger charge is -2.10. The first-order valence-electron chi connectivity index (χ1n) is 4.19. The number of hydroxylamine groups is 2. The lowest BCUT2D eigenvalue weighted by atomic mass is 10.1. The molecule has 0 aromatic heterocycles. The normalized spacial score (nSPS) is 20.9. The summed E-state index contributed by atoms with van der Waals surface area (Å²) in [5.74, 6) is 0.791. The van der Waals surface area contributed by atoms with E-state index >= 15 is 0 Å². The van der Waals surface area contributed by atoms with Gasteiger partial charge in [-0.05, 0) is 18.6 Å². The molecular weight excluding hydrogens is 166 g/mol. The number of likely N-dealkylation sites (N-methyl/N-ethyl adjacent to an activating group) is 1. The quantitative estimate of drug-likeness (QED) is 0.608. The maximum atomic E-state index is 10.7. The zero-order valence-corrected chi connectivity index (χ0v) is 7.65. The Morgan fingerprint density at radius 3 is 3.00 bits per heavy atom. The van der Waals surface area contributed by atoms with Gasteiger partial charge < -0.3 is 9.63 Å². The maximum Gasteiger partial charge on any atom is 0.153 e. The van der Waals surface area contributed by atoms with Crippen LogP contribution in [-0.4, -0.2) is 18.4 Å². The van der Waals surface area contributed by atoms with Crippen molar-refractivity contribution in [3.05, 3.63) is 29.3 Å². The number of aryl methyl sites for hydroxylation is 1. The summed E-state index contributed by atoms with van der Waals surface area (Å²) in [6.45, 7) is 2.00. The van der Waals surface area contributed by atoms with E-state index in [9.17, 15) is 4.79 Å². The summed E-state index contributed by atoms with van der Waals surface area (Å²) >= 11 is 0. The van der Waals surface area contributed by atoms with Crippen LogP contribution in [0.1, 0.15) is 17.2 Å². The van der Waals surface area contributed by atoms with Gasteiger partial charge in [-0.3, -0.25) is 0 Å². The Kier molecular flexibility index (Phi) is 1.81. The third-order valence-electron chi connectivity index (χ3n) is 2.25. The Morgan fingerprint density at radius 2 is 2.31 bits per heavy atom. The van der Waals surface area contributed by atoms with Crippen molar-refractivity contribution in [3.8, 4) is 5.75 Å². The van der Waals surface area contributed by atoms with Crippen molar-refractivity contribution >= 4 is 6.29 Å². The smallest absolute Gasteiger partial charge is 0.153 e. The van der Waals surface area contributed by atoms with Crippen molar-refractivity contribution in [2.24, 2.45) is 0 Å². The van der Waals surface area contributed by atoms with Gasteiger partial charge in [-0.25, -0.2) is 0 Å². The van der Waals surface area contributed by atoms with Gasteiger partial charge in [0.2, 0.25) is 0 Å². The lowest BCUT2D eigenvalue weighted by Crippen LogP contribution is -2.21. The van der Waals surface area contributed by atoms with Gasteiger partial charge in [-0.15, -0.1) is 5.06 Å². The Hall–Kier alpha value is -1.35. The van der Waals surface area contributed by atoms with Crippen molar-refractivity contribution in [1.82, 2.24) is 5.06 Å². The largest absolute Gasteiger partial charge is 0.405 e. The molecular formula is C10H11NO2. The van der Waals surface area contributed by atoms with Gasteiger partial charge in [-0.2, -0.15) is 0 Å². The number of rotatable bonds is 1. The predicted molar refractivity (Wildman–Crippen MR) is 48.4 cm³/mol. The van der Waals surface area contributed by atoms with Crippen LogP contribution in [0.5, 0.6) is 5.75 Å². The number of fused-ring (bicyclic) bond motifs is 1. The van der Waals surface area contributed by atoms with Crippen molar-refractivity contribution in [2.45, 2.75) is 13.0 Å². The van der Waals surface area contributed by atoms with Crippen LogP contribution in [-0.2, 0) is 4.79 Å². The number of hydrogen-bond donors (Lipinski definition) is 0. The molecule has 0 fully saturated rings. The predicted octanol–water partition coefficient (Wildman–Crippen LogP) is 1.47. The van der Waals surface area contributed by atoms with Gasteiger partial charge in [0.15, 0.2) is 5.75 Å². The van der Waals surface area contributed by atoms with Crippen LogP contribution in [0.15, 0.2) is 18.2 Å². The Balaban J connectivity index is 2.48. The van der Waals surface area contributed by atoms with E-state index in [0.29, 0.717) is 0 Å². The monoisotopic (exact) mass is 177 g/mol. The fraction of sp³-hybridized carbons (Fsp3) is 0.300. The molecule has 0 amide bonds. The minimum Gasteiger partial charge on any atom is -0.405 e. The van der Waals surface area contributed by atoms with Crippen LogP contribution < -0.4 is 4.84 Å². The molecule has 1 aliphatic rings. The van der Waals surface area contributed by atoms with E-state index in [2.05, 4.69) is 0 Å². The zero-order valence-electron chi connectivity index (χ0n) is 7.65. The molecule has 1 aromatic carbocycles. The number of aldehydes is 1. The molecule has 2 rings (SSSR count). The molecule has 13 heavy (non-hydrogen) atoms. The summed E-state index contributed by atoms with van der Waals surface area (Å²) in [6, 6.07) is 5.61. The van der Waals surface area contributed by atoms with Gasteiger partial charge in [0.25, 0.3) is 0 Å². The first-order chi connectivity index (χ1) is 6.22. The zero-order chi connectivity index (χ0) is 9.42. The summed E-state index contributed by atoms with van der Waals surface area (Å²) in [5.41, 5.74) is 2.08. The van der Waals surface area contributed by atoms with Gasteiger partial charge in [0.1, 0.15) is 12.3 Å². The summed E-state index contributed by atoms with van der Waals surface area (Å²) in [7, 11) is 1.76. The second-order valence-electron chi connectivity index (χ2n) is 3.26. The van der Waals surface area contributed by atoms with Crippen LogP contribution >= 0.6 is 0 Å². The highest BCUT2D eigenvalue weighted by atomic mass is 16.7. The lowest BCUT2D eigenvalue weighted by molar-refractivity contribution is -0.120. The second-order valence-corrected chi connectivity index (χ2v) is 3.26. The molecule has 1 aliphatic heterocycles. The van der Waals surface area contributed by atoms with Crippen LogP contribution in [0.3, 0.4) is 0 Å². The Labute approximate surface area is 76.9 Å². The van der Waals surface area contributed by atoms with Gasteiger partial charge in [0, 0.05) is 12.6 Å². The molecule has 68 valence electrons. The fourth-order valence-electron chi connectivity index (χ4n) is 1.53. The Bertz CT molecular complexity index is 349. The topological polar surface area (TPSA) is 29.5 Å². The van der Waals surface area contributed by atoms with E-state index < -0.39 is 0 Å². The van der Waals surface area contributed by atoms with Crippen molar-refractivity contribution in [3.63, 3.8) is 0 Å². The number of carbonyl (C=O) groups is 1. The molecule has 0 radical (unpaired) electrons. The molecule has 3 heteroatoms. The molecule has 0 saturated carbocycles. The molecule has 3 nitrogen and oxygen atoms in total. The van der Waals surface area contributed by atoms with Crippen molar-refractivity contribution in [2.75, 3.05) is 7.05 Å². The minimum atomic E-state index is -0.254. The molecule has 0 aliphatic carbocycles. The third-order valence-corrected chi connectivity index (χ3v) is 2.25. The van der Waals surface area contributed by atoms with Crippen LogP contribution in [0.4, 0.5) is 0 Å². The standard InChI is InChI=1S/C10H11NO2/c1-7-3-4-8-9(6-12)11(2)13-10(8)5-7/h3-6,9H,1-2H3. The summed E-state index contributed by atoms with van der Waals surface area (Å²) in [6.07, 6.45) is 0.890. The van der Waals surface area contributed by atoms with Crippen LogP contribution in [0.25, 0.3) is 0 Å². The van der Waals surface area contributed by atoms with E-state index in [0.717, 1.165) is 23.2 Å². The number of carbonyl (C=O) groups excluding carboxylic acids is 1. The fourth-order valence-corrected chi connectivity index (χ4v) is 1.53. The van der Waals surface area contributed by atoms with Gasteiger partial charge in [-0.1, -0.05) is 12.1 Å². The number of hydrogen-bond acceptors (Lipinski definition) is 3. The first kappa shape index (κ1) is 8.26. The second kappa shape index (κ2) is 2.85. The average molecular weight is 177 g/mol. The van der Waals surface area contributed by atoms with Gasteiger partial charge >= 0.3 is 0 Å². The van der Waals surface area contributed by atoms with E-state index in [1.165, 1.54) is 0 Å². The van der Waals surface area contributed by atoms with E-state index in [-0.39, 0.29) is 6.04 Å². The molecule has 1 heterocycles. The first-order valence-corrected chi connectivity index (χ1v) is 4.19. The molecule has 1 atom stereocenters. The average Bonchev–Trinajstić information content (AvgIpc) is 2.39. The summed E-state index contributed by atoms with van der Waals surface area (Å²) in [4.78, 5) is 16.1. The van der Waals surface area contributed by atoms with Crippen LogP contribution in [0.2, 0.25) is 0 Å². The van der Waals surface area contributed by atoms with Crippen molar-refractivity contribution < 1.29 is 9.63 Å².